The summed E-state index contributed by atoms with van der Waals surface area (Å²) in [6.07, 6.45) is 1.56. The predicted octanol–water partition coefficient (Wildman–Crippen LogP) is 2.71. The van der Waals surface area contributed by atoms with Crippen molar-refractivity contribution >= 4 is 11.6 Å². The summed E-state index contributed by atoms with van der Waals surface area (Å²) in [4.78, 5) is 11.8. The molecule has 1 amide bonds. The number of amides is 1. The molecule has 0 atom stereocenters. The molecule has 2 aromatic rings. The van der Waals surface area contributed by atoms with E-state index in [-0.39, 0.29) is 11.7 Å². The minimum Gasteiger partial charge on any atom is -0.494 e. The number of methoxy groups -OCH3 is 1. The van der Waals surface area contributed by atoms with Gasteiger partial charge in [-0.2, -0.15) is 0 Å². The lowest BCUT2D eigenvalue weighted by Crippen LogP contribution is -2.26. The lowest BCUT2D eigenvalue weighted by Gasteiger charge is -2.08. The number of carbonyl (C=O) groups excluding carboxylic acids is 1. The molecule has 0 aliphatic heterocycles. The van der Waals surface area contributed by atoms with Gasteiger partial charge >= 0.3 is 0 Å². The molecule has 0 radical (unpaired) electrons. The number of rotatable bonds is 7. The fourth-order valence-electron chi connectivity index (χ4n) is 2.31. The van der Waals surface area contributed by atoms with Crippen molar-refractivity contribution in [2.45, 2.75) is 19.3 Å². The molecule has 0 spiro atoms. The third kappa shape index (κ3) is 4.98. The van der Waals surface area contributed by atoms with E-state index in [0.29, 0.717) is 31.5 Å². The van der Waals surface area contributed by atoms with Crippen molar-refractivity contribution in [1.82, 2.24) is 5.32 Å². The molecule has 0 bridgehead atoms. The molecular weight excluding hydrogens is 295 g/mol. The Morgan fingerprint density at radius 1 is 1.22 bits per heavy atom. The first-order valence-electron chi connectivity index (χ1n) is 7.52. The van der Waals surface area contributed by atoms with Crippen molar-refractivity contribution in [2.24, 2.45) is 0 Å². The van der Waals surface area contributed by atoms with Crippen LogP contribution in [0.4, 0.5) is 10.1 Å². The highest BCUT2D eigenvalue weighted by Crippen LogP contribution is 2.17. The van der Waals surface area contributed by atoms with Crippen LogP contribution in [0.25, 0.3) is 0 Å². The van der Waals surface area contributed by atoms with Gasteiger partial charge in [0.15, 0.2) is 11.6 Å². The number of halogens is 1. The van der Waals surface area contributed by atoms with Crippen LogP contribution in [0.15, 0.2) is 42.5 Å². The molecule has 0 unspecified atom stereocenters. The van der Waals surface area contributed by atoms with Gasteiger partial charge in [-0.15, -0.1) is 0 Å². The maximum Gasteiger partial charge on any atom is 0.220 e. The Labute approximate surface area is 135 Å². The lowest BCUT2D eigenvalue weighted by atomic mass is 10.1. The molecule has 2 rings (SSSR count). The summed E-state index contributed by atoms with van der Waals surface area (Å²) in [5, 5.41) is 2.84. The molecule has 0 aromatic heterocycles. The van der Waals surface area contributed by atoms with Gasteiger partial charge in [0.2, 0.25) is 5.91 Å². The molecular formula is C18H21FN2O2. The summed E-state index contributed by atoms with van der Waals surface area (Å²) < 4.78 is 18.4. The van der Waals surface area contributed by atoms with Crippen molar-refractivity contribution in [3.63, 3.8) is 0 Å². The van der Waals surface area contributed by atoms with Crippen LogP contribution >= 0.6 is 0 Å². The van der Waals surface area contributed by atoms with E-state index in [1.54, 1.807) is 12.1 Å². The van der Waals surface area contributed by atoms with Gasteiger partial charge in [0.05, 0.1) is 7.11 Å². The van der Waals surface area contributed by atoms with Crippen LogP contribution in [0, 0.1) is 5.82 Å². The topological polar surface area (TPSA) is 64.3 Å². The highest BCUT2D eigenvalue weighted by Gasteiger charge is 2.06. The lowest BCUT2D eigenvalue weighted by molar-refractivity contribution is -0.121. The van der Waals surface area contributed by atoms with Gasteiger partial charge in [0.25, 0.3) is 0 Å². The first kappa shape index (κ1) is 16.8. The van der Waals surface area contributed by atoms with E-state index in [4.69, 9.17) is 10.5 Å². The Kier molecular flexibility index (Phi) is 5.97. The Hall–Kier alpha value is -2.56. The van der Waals surface area contributed by atoms with Crippen LogP contribution in [-0.2, 0) is 17.6 Å². The summed E-state index contributed by atoms with van der Waals surface area (Å²) in [7, 11) is 1.43. The molecule has 0 fully saturated rings. The highest BCUT2D eigenvalue weighted by molar-refractivity contribution is 5.76. The van der Waals surface area contributed by atoms with Gasteiger partial charge in [-0.25, -0.2) is 4.39 Å². The van der Waals surface area contributed by atoms with Gasteiger partial charge in [0, 0.05) is 18.7 Å². The Morgan fingerprint density at radius 2 is 2.00 bits per heavy atom. The Balaban J connectivity index is 1.74. The molecule has 4 nitrogen and oxygen atoms in total. The Morgan fingerprint density at radius 3 is 2.70 bits per heavy atom. The van der Waals surface area contributed by atoms with E-state index in [0.717, 1.165) is 11.1 Å². The van der Waals surface area contributed by atoms with Crippen LogP contribution in [0.5, 0.6) is 5.75 Å². The molecule has 0 saturated carbocycles. The average Bonchev–Trinajstić information content (AvgIpc) is 2.54. The van der Waals surface area contributed by atoms with Crippen LogP contribution < -0.4 is 15.8 Å². The second-order valence-corrected chi connectivity index (χ2v) is 5.27. The zero-order valence-electron chi connectivity index (χ0n) is 13.1. The fraction of sp³-hybridized carbons (Fsp3) is 0.278. The molecule has 0 saturated heterocycles. The smallest absolute Gasteiger partial charge is 0.220 e. The van der Waals surface area contributed by atoms with Crippen molar-refractivity contribution in [3.8, 4) is 5.75 Å². The number of para-hydroxylation sites is 1. The van der Waals surface area contributed by atoms with Crippen molar-refractivity contribution < 1.29 is 13.9 Å². The largest absolute Gasteiger partial charge is 0.494 e. The van der Waals surface area contributed by atoms with Gasteiger partial charge in [-0.05, 0) is 42.2 Å². The number of hydrogen-bond donors (Lipinski definition) is 2. The zero-order chi connectivity index (χ0) is 16.7. The van der Waals surface area contributed by atoms with E-state index in [1.807, 2.05) is 24.3 Å². The molecule has 0 heterocycles. The first-order chi connectivity index (χ1) is 11.1. The summed E-state index contributed by atoms with van der Waals surface area (Å²) in [5.41, 5.74) is 8.33. The van der Waals surface area contributed by atoms with Crippen LogP contribution in [-0.4, -0.2) is 19.6 Å². The number of carbonyl (C=O) groups is 1. The minimum atomic E-state index is -0.393. The SMILES string of the molecule is COc1ccc(CCNC(=O)CCc2ccccc2N)cc1F. The summed E-state index contributed by atoms with van der Waals surface area (Å²) in [6.45, 7) is 0.467. The molecule has 2 aromatic carbocycles. The summed E-state index contributed by atoms with van der Waals surface area (Å²) >= 11 is 0. The summed E-state index contributed by atoms with van der Waals surface area (Å²) in [5.74, 6) is -0.212. The maximum absolute atomic E-state index is 13.6. The first-order valence-corrected chi connectivity index (χ1v) is 7.52. The molecule has 3 N–H and O–H groups in total. The van der Waals surface area contributed by atoms with Crippen LogP contribution in [0.2, 0.25) is 0 Å². The van der Waals surface area contributed by atoms with Crippen LogP contribution in [0.1, 0.15) is 17.5 Å². The molecule has 5 heteroatoms. The summed E-state index contributed by atoms with van der Waals surface area (Å²) in [6, 6.07) is 12.3. The molecule has 122 valence electrons. The maximum atomic E-state index is 13.6. The fourth-order valence-corrected chi connectivity index (χ4v) is 2.31. The Bertz CT molecular complexity index is 674. The third-order valence-electron chi connectivity index (χ3n) is 3.63. The number of hydrogen-bond acceptors (Lipinski definition) is 3. The van der Waals surface area contributed by atoms with Crippen LogP contribution in [0.3, 0.4) is 0 Å². The van der Waals surface area contributed by atoms with Crippen molar-refractivity contribution in [2.75, 3.05) is 19.4 Å². The average molecular weight is 316 g/mol. The molecule has 0 aliphatic rings. The highest BCUT2D eigenvalue weighted by atomic mass is 19.1. The predicted molar refractivity (Wildman–Crippen MR) is 88.8 cm³/mol. The number of benzene rings is 2. The third-order valence-corrected chi connectivity index (χ3v) is 3.63. The number of anilines is 1. The number of nitrogen functional groups attached to an aromatic ring is 1. The number of ether oxygens (including phenoxy) is 1. The van der Waals surface area contributed by atoms with Gasteiger partial charge in [-0.1, -0.05) is 24.3 Å². The van der Waals surface area contributed by atoms with Gasteiger partial charge in [-0.3, -0.25) is 4.79 Å². The van der Waals surface area contributed by atoms with Gasteiger partial charge < -0.3 is 15.8 Å². The number of nitrogens with two attached hydrogens (primary N) is 1. The number of aryl methyl sites for hydroxylation is 1. The second kappa shape index (κ2) is 8.17. The quantitative estimate of drug-likeness (QED) is 0.772. The standard InChI is InChI=1S/C18H21FN2O2/c1-23-17-8-6-13(12-15(17)19)10-11-21-18(22)9-7-14-4-2-3-5-16(14)20/h2-6,8,12H,7,9-11,20H2,1H3,(H,21,22). The van der Waals surface area contributed by atoms with E-state index >= 15 is 0 Å². The normalized spacial score (nSPS) is 10.3. The van der Waals surface area contributed by atoms with E-state index in [1.165, 1.54) is 13.2 Å². The second-order valence-electron chi connectivity index (χ2n) is 5.27. The van der Waals surface area contributed by atoms with E-state index in [9.17, 15) is 9.18 Å². The number of nitrogens with one attached hydrogen (secondary N) is 1. The van der Waals surface area contributed by atoms with Crippen molar-refractivity contribution in [3.05, 3.63) is 59.4 Å². The van der Waals surface area contributed by atoms with E-state index < -0.39 is 5.82 Å². The monoisotopic (exact) mass is 316 g/mol. The van der Waals surface area contributed by atoms with Crippen molar-refractivity contribution in [1.29, 1.82) is 0 Å². The molecule has 0 aliphatic carbocycles. The zero-order valence-corrected chi connectivity index (χ0v) is 13.1. The van der Waals surface area contributed by atoms with E-state index in [2.05, 4.69) is 5.32 Å². The minimum absolute atomic E-state index is 0.0396. The molecule has 23 heavy (non-hydrogen) atoms. The van der Waals surface area contributed by atoms with Gasteiger partial charge in [0.1, 0.15) is 0 Å².